The van der Waals surface area contributed by atoms with Crippen LogP contribution in [0.1, 0.15) is 19.4 Å². The standard InChI is InChI=1S/C16H25N3O3S/c1-3-23(21,22)17-14(2)16(20)19-11-9-18(10-12-19)13-15-7-5-4-6-8-15/h4-8,14,17H,3,9-13H2,1-2H3/t14-/m0/s1. The number of hydrogen-bond acceptors (Lipinski definition) is 4. The second kappa shape index (κ2) is 7.90. The first kappa shape index (κ1) is 17.9. The van der Waals surface area contributed by atoms with Crippen molar-refractivity contribution in [2.24, 2.45) is 0 Å². The van der Waals surface area contributed by atoms with Gasteiger partial charge in [0.1, 0.15) is 0 Å². The smallest absolute Gasteiger partial charge is 0.240 e. The molecule has 1 atom stereocenters. The van der Waals surface area contributed by atoms with Crippen LogP contribution >= 0.6 is 0 Å². The first-order valence-corrected chi connectivity index (χ1v) is 9.61. The van der Waals surface area contributed by atoms with Crippen molar-refractivity contribution in [2.75, 3.05) is 31.9 Å². The van der Waals surface area contributed by atoms with Crippen molar-refractivity contribution >= 4 is 15.9 Å². The Bertz CT molecular complexity index is 611. The SMILES string of the molecule is CCS(=O)(=O)N[C@@H](C)C(=O)N1CCN(Cc2ccccc2)CC1. The van der Waals surface area contributed by atoms with Crippen molar-refractivity contribution in [3.05, 3.63) is 35.9 Å². The van der Waals surface area contributed by atoms with Gasteiger partial charge in [0.05, 0.1) is 11.8 Å². The third kappa shape index (κ3) is 5.30. The average molecular weight is 339 g/mol. The number of piperazine rings is 1. The summed E-state index contributed by atoms with van der Waals surface area (Å²) in [5.74, 6) is -0.170. The average Bonchev–Trinajstić information content (AvgIpc) is 2.55. The van der Waals surface area contributed by atoms with Gasteiger partial charge in [-0.15, -0.1) is 0 Å². The molecule has 1 heterocycles. The molecule has 1 aliphatic rings. The van der Waals surface area contributed by atoms with E-state index in [1.807, 2.05) is 18.2 Å². The van der Waals surface area contributed by atoms with Crippen LogP contribution in [0.25, 0.3) is 0 Å². The molecule has 1 aromatic carbocycles. The van der Waals surface area contributed by atoms with Gasteiger partial charge in [0, 0.05) is 32.7 Å². The molecule has 1 aromatic rings. The number of carbonyl (C=O) groups is 1. The molecule has 0 saturated carbocycles. The minimum atomic E-state index is -3.36. The van der Waals surface area contributed by atoms with E-state index in [0.717, 1.165) is 19.6 Å². The number of amides is 1. The van der Waals surface area contributed by atoms with Gasteiger partial charge in [-0.2, -0.15) is 0 Å². The normalized spacial score (nSPS) is 17.9. The number of benzene rings is 1. The van der Waals surface area contributed by atoms with Crippen LogP contribution < -0.4 is 4.72 Å². The number of hydrogen-bond donors (Lipinski definition) is 1. The Morgan fingerprint density at radius 2 is 1.78 bits per heavy atom. The molecule has 1 aliphatic heterocycles. The molecular formula is C16H25N3O3S. The molecule has 0 aliphatic carbocycles. The van der Waals surface area contributed by atoms with Crippen LogP contribution in [0, 0.1) is 0 Å². The van der Waals surface area contributed by atoms with Crippen LogP contribution in [0.4, 0.5) is 0 Å². The number of rotatable bonds is 6. The summed E-state index contributed by atoms with van der Waals surface area (Å²) in [6, 6.07) is 9.53. The highest BCUT2D eigenvalue weighted by Crippen LogP contribution is 2.09. The van der Waals surface area contributed by atoms with Crippen molar-refractivity contribution in [1.29, 1.82) is 0 Å². The molecule has 0 bridgehead atoms. The summed E-state index contributed by atoms with van der Waals surface area (Å²) in [6.45, 7) is 6.89. The van der Waals surface area contributed by atoms with Crippen LogP contribution in [0.2, 0.25) is 0 Å². The maximum Gasteiger partial charge on any atom is 0.240 e. The Kier molecular flexibility index (Phi) is 6.15. The molecule has 128 valence electrons. The highest BCUT2D eigenvalue weighted by molar-refractivity contribution is 7.89. The summed E-state index contributed by atoms with van der Waals surface area (Å²) in [7, 11) is -3.36. The van der Waals surface area contributed by atoms with E-state index in [9.17, 15) is 13.2 Å². The topological polar surface area (TPSA) is 69.7 Å². The maximum absolute atomic E-state index is 12.3. The van der Waals surface area contributed by atoms with E-state index in [2.05, 4.69) is 21.8 Å². The highest BCUT2D eigenvalue weighted by Gasteiger charge is 2.26. The van der Waals surface area contributed by atoms with Crippen molar-refractivity contribution < 1.29 is 13.2 Å². The Labute approximate surface area is 138 Å². The summed E-state index contributed by atoms with van der Waals surface area (Å²) < 4.78 is 25.5. The van der Waals surface area contributed by atoms with Gasteiger partial charge >= 0.3 is 0 Å². The molecule has 0 unspecified atom stereocenters. The second-order valence-corrected chi connectivity index (χ2v) is 7.87. The third-order valence-corrected chi connectivity index (χ3v) is 5.51. The Balaban J connectivity index is 1.83. The lowest BCUT2D eigenvalue weighted by atomic mass is 10.2. The fraction of sp³-hybridized carbons (Fsp3) is 0.562. The Morgan fingerprint density at radius 3 is 2.35 bits per heavy atom. The van der Waals surface area contributed by atoms with Crippen molar-refractivity contribution in [3.63, 3.8) is 0 Å². The first-order valence-electron chi connectivity index (χ1n) is 7.96. The highest BCUT2D eigenvalue weighted by atomic mass is 32.2. The molecule has 1 N–H and O–H groups in total. The minimum absolute atomic E-state index is 0.0184. The van der Waals surface area contributed by atoms with Gasteiger partial charge < -0.3 is 4.90 Å². The fourth-order valence-corrected chi connectivity index (χ4v) is 3.45. The molecule has 0 spiro atoms. The molecular weight excluding hydrogens is 314 g/mol. The number of nitrogens with one attached hydrogen (secondary N) is 1. The van der Waals surface area contributed by atoms with Crippen molar-refractivity contribution in [1.82, 2.24) is 14.5 Å². The zero-order chi connectivity index (χ0) is 16.9. The molecule has 0 radical (unpaired) electrons. The van der Waals surface area contributed by atoms with Crippen LogP contribution in [0.3, 0.4) is 0 Å². The Morgan fingerprint density at radius 1 is 1.17 bits per heavy atom. The lowest BCUT2D eigenvalue weighted by Crippen LogP contribution is -2.54. The predicted octanol–water partition coefficient (Wildman–Crippen LogP) is 0.659. The third-order valence-electron chi connectivity index (χ3n) is 4.04. The van der Waals surface area contributed by atoms with E-state index in [-0.39, 0.29) is 11.7 Å². The van der Waals surface area contributed by atoms with E-state index in [1.54, 1.807) is 18.7 Å². The summed E-state index contributed by atoms with van der Waals surface area (Å²) in [5, 5.41) is 0. The van der Waals surface area contributed by atoms with Crippen LogP contribution in [-0.4, -0.2) is 62.1 Å². The van der Waals surface area contributed by atoms with Crippen LogP contribution in [-0.2, 0) is 21.4 Å². The summed E-state index contributed by atoms with van der Waals surface area (Å²) in [6.07, 6.45) is 0. The molecule has 2 rings (SSSR count). The molecule has 0 aromatic heterocycles. The van der Waals surface area contributed by atoms with E-state index in [1.165, 1.54) is 5.56 Å². The molecule has 1 fully saturated rings. The lowest BCUT2D eigenvalue weighted by molar-refractivity contribution is -0.134. The second-order valence-electron chi connectivity index (χ2n) is 5.83. The van der Waals surface area contributed by atoms with Crippen molar-refractivity contribution in [2.45, 2.75) is 26.4 Å². The van der Waals surface area contributed by atoms with Crippen molar-refractivity contribution in [3.8, 4) is 0 Å². The van der Waals surface area contributed by atoms with Crippen LogP contribution in [0.5, 0.6) is 0 Å². The van der Waals surface area contributed by atoms with Gasteiger partial charge in [0.25, 0.3) is 0 Å². The zero-order valence-electron chi connectivity index (χ0n) is 13.7. The van der Waals surface area contributed by atoms with Gasteiger partial charge in [-0.25, -0.2) is 13.1 Å². The number of nitrogens with zero attached hydrogens (tertiary/aromatic N) is 2. The maximum atomic E-state index is 12.3. The predicted molar refractivity (Wildman–Crippen MR) is 90.4 cm³/mol. The largest absolute Gasteiger partial charge is 0.339 e. The monoisotopic (exact) mass is 339 g/mol. The molecule has 23 heavy (non-hydrogen) atoms. The quantitative estimate of drug-likeness (QED) is 0.827. The number of sulfonamides is 1. The van der Waals surface area contributed by atoms with E-state index < -0.39 is 16.1 Å². The summed E-state index contributed by atoms with van der Waals surface area (Å²) >= 11 is 0. The molecule has 7 heteroatoms. The Hall–Kier alpha value is -1.44. The van der Waals surface area contributed by atoms with Gasteiger partial charge in [-0.3, -0.25) is 9.69 Å². The van der Waals surface area contributed by atoms with Gasteiger partial charge in [-0.05, 0) is 19.4 Å². The van der Waals surface area contributed by atoms with E-state index in [4.69, 9.17) is 0 Å². The lowest BCUT2D eigenvalue weighted by Gasteiger charge is -2.36. The fourth-order valence-electron chi connectivity index (χ4n) is 2.64. The van der Waals surface area contributed by atoms with Gasteiger partial charge in [-0.1, -0.05) is 30.3 Å². The molecule has 6 nitrogen and oxygen atoms in total. The number of carbonyl (C=O) groups excluding carboxylic acids is 1. The van der Waals surface area contributed by atoms with E-state index in [0.29, 0.717) is 13.1 Å². The first-order chi connectivity index (χ1) is 10.9. The van der Waals surface area contributed by atoms with Gasteiger partial charge in [0.15, 0.2) is 0 Å². The summed E-state index contributed by atoms with van der Waals surface area (Å²) in [4.78, 5) is 16.4. The minimum Gasteiger partial charge on any atom is -0.339 e. The van der Waals surface area contributed by atoms with Gasteiger partial charge in [0.2, 0.25) is 15.9 Å². The van der Waals surface area contributed by atoms with E-state index >= 15 is 0 Å². The molecule has 1 saturated heterocycles. The summed E-state index contributed by atoms with van der Waals surface area (Å²) in [5.41, 5.74) is 1.26. The van der Waals surface area contributed by atoms with Crippen LogP contribution in [0.15, 0.2) is 30.3 Å². The molecule has 1 amide bonds. The zero-order valence-corrected chi connectivity index (χ0v) is 14.6.